The number of carbonyl (C=O) groups is 2. The molecule has 0 radical (unpaired) electrons. The second-order valence-electron chi connectivity index (χ2n) is 5.68. The van der Waals surface area contributed by atoms with Crippen molar-refractivity contribution in [1.82, 2.24) is 20.0 Å². The summed E-state index contributed by atoms with van der Waals surface area (Å²) >= 11 is 0. The third-order valence-corrected chi connectivity index (χ3v) is 4.42. The minimum Gasteiger partial charge on any atom is -0.358 e. The van der Waals surface area contributed by atoms with Crippen molar-refractivity contribution in [2.75, 3.05) is 13.6 Å². The van der Waals surface area contributed by atoms with E-state index in [1.165, 1.54) is 0 Å². The van der Waals surface area contributed by atoms with Crippen molar-refractivity contribution in [3.63, 3.8) is 0 Å². The maximum atomic E-state index is 12.7. The van der Waals surface area contributed by atoms with E-state index in [0.29, 0.717) is 19.4 Å². The van der Waals surface area contributed by atoms with E-state index in [4.69, 9.17) is 0 Å². The van der Waals surface area contributed by atoms with Crippen molar-refractivity contribution < 1.29 is 9.59 Å². The van der Waals surface area contributed by atoms with Crippen molar-refractivity contribution in [1.29, 1.82) is 0 Å². The van der Waals surface area contributed by atoms with Crippen LogP contribution in [0, 0.1) is 5.41 Å². The Hall–Kier alpha value is -1.85. The molecule has 1 aromatic rings. The van der Waals surface area contributed by atoms with Gasteiger partial charge in [-0.2, -0.15) is 5.10 Å². The summed E-state index contributed by atoms with van der Waals surface area (Å²) in [5.74, 6) is -0.126. The Morgan fingerprint density at radius 1 is 1.45 bits per heavy atom. The van der Waals surface area contributed by atoms with E-state index in [2.05, 4.69) is 10.4 Å². The maximum absolute atomic E-state index is 12.7. The standard InChI is InChI=1S/C14H20N4O2/c1-15-12(19)14(5-6-14)13(20)18-9-2-4-11(18)10-17-8-3-7-16-17/h3,7-8,11H,2,4-6,9-10H2,1H3,(H,15,19). The van der Waals surface area contributed by atoms with Gasteiger partial charge in [-0.15, -0.1) is 0 Å². The highest BCUT2D eigenvalue weighted by atomic mass is 16.2. The molecule has 20 heavy (non-hydrogen) atoms. The molecule has 1 N–H and O–H groups in total. The molecule has 1 saturated heterocycles. The van der Waals surface area contributed by atoms with Crippen LogP contribution in [0.1, 0.15) is 25.7 Å². The van der Waals surface area contributed by atoms with E-state index in [-0.39, 0.29) is 17.9 Å². The lowest BCUT2D eigenvalue weighted by atomic mass is 10.0. The summed E-state index contributed by atoms with van der Waals surface area (Å²) in [5.41, 5.74) is -0.776. The zero-order valence-electron chi connectivity index (χ0n) is 11.7. The van der Waals surface area contributed by atoms with Gasteiger partial charge in [0, 0.05) is 26.0 Å². The van der Waals surface area contributed by atoms with Crippen molar-refractivity contribution in [2.45, 2.75) is 38.3 Å². The van der Waals surface area contributed by atoms with Gasteiger partial charge in [0.1, 0.15) is 5.41 Å². The normalized spacial score (nSPS) is 23.6. The molecule has 108 valence electrons. The largest absolute Gasteiger partial charge is 0.358 e. The van der Waals surface area contributed by atoms with E-state index in [9.17, 15) is 9.59 Å². The summed E-state index contributed by atoms with van der Waals surface area (Å²) in [6, 6.07) is 2.04. The van der Waals surface area contributed by atoms with Gasteiger partial charge in [-0.05, 0) is 31.7 Å². The first-order chi connectivity index (χ1) is 9.67. The fourth-order valence-corrected chi connectivity index (χ4v) is 3.09. The Kier molecular flexibility index (Phi) is 3.23. The van der Waals surface area contributed by atoms with Gasteiger partial charge in [0.15, 0.2) is 0 Å². The third-order valence-electron chi connectivity index (χ3n) is 4.42. The van der Waals surface area contributed by atoms with E-state index < -0.39 is 5.41 Å². The Bertz CT molecular complexity index is 507. The average molecular weight is 276 g/mol. The first-order valence-corrected chi connectivity index (χ1v) is 7.18. The number of hydrogen-bond acceptors (Lipinski definition) is 3. The summed E-state index contributed by atoms with van der Waals surface area (Å²) in [6.45, 7) is 1.46. The minimum atomic E-state index is -0.776. The molecule has 2 aliphatic rings. The SMILES string of the molecule is CNC(=O)C1(C(=O)N2CCCC2Cn2cccn2)CC1. The van der Waals surface area contributed by atoms with E-state index >= 15 is 0 Å². The van der Waals surface area contributed by atoms with Crippen LogP contribution in [-0.4, -0.2) is 46.1 Å². The van der Waals surface area contributed by atoms with Crippen LogP contribution in [0.2, 0.25) is 0 Å². The topological polar surface area (TPSA) is 67.2 Å². The second-order valence-corrected chi connectivity index (χ2v) is 5.68. The van der Waals surface area contributed by atoms with Crippen molar-refractivity contribution in [3.8, 4) is 0 Å². The van der Waals surface area contributed by atoms with Gasteiger partial charge in [0.25, 0.3) is 0 Å². The van der Waals surface area contributed by atoms with Crippen LogP contribution >= 0.6 is 0 Å². The number of carbonyl (C=O) groups excluding carboxylic acids is 2. The molecule has 1 saturated carbocycles. The van der Waals surface area contributed by atoms with Crippen LogP contribution in [0.25, 0.3) is 0 Å². The van der Waals surface area contributed by atoms with Crippen LogP contribution in [0.15, 0.2) is 18.5 Å². The van der Waals surface area contributed by atoms with E-state index in [0.717, 1.165) is 19.4 Å². The highest BCUT2D eigenvalue weighted by Crippen LogP contribution is 2.48. The fourth-order valence-electron chi connectivity index (χ4n) is 3.09. The highest BCUT2D eigenvalue weighted by molar-refractivity contribution is 6.07. The second kappa shape index (κ2) is 4.92. The molecule has 6 nitrogen and oxygen atoms in total. The number of hydrogen-bond donors (Lipinski definition) is 1. The predicted octanol–water partition coefficient (Wildman–Crippen LogP) is 0.400. The summed E-state index contributed by atoms with van der Waals surface area (Å²) in [6.07, 6.45) is 6.99. The Balaban J connectivity index is 1.72. The van der Waals surface area contributed by atoms with Crippen LogP contribution in [-0.2, 0) is 16.1 Å². The molecule has 0 aromatic carbocycles. The molecule has 2 fully saturated rings. The van der Waals surface area contributed by atoms with Crippen molar-refractivity contribution in [3.05, 3.63) is 18.5 Å². The zero-order valence-corrected chi connectivity index (χ0v) is 11.7. The van der Waals surface area contributed by atoms with Gasteiger partial charge < -0.3 is 10.2 Å². The predicted molar refractivity (Wildman–Crippen MR) is 72.7 cm³/mol. The van der Waals surface area contributed by atoms with Crippen LogP contribution < -0.4 is 5.32 Å². The molecule has 1 aromatic heterocycles. The van der Waals surface area contributed by atoms with Gasteiger partial charge in [-0.3, -0.25) is 14.3 Å². The third kappa shape index (κ3) is 2.09. The van der Waals surface area contributed by atoms with Gasteiger partial charge in [-0.1, -0.05) is 0 Å². The molecule has 2 heterocycles. The highest BCUT2D eigenvalue weighted by Gasteiger charge is 2.58. The first-order valence-electron chi connectivity index (χ1n) is 7.18. The van der Waals surface area contributed by atoms with E-state index in [1.807, 2.05) is 21.8 Å². The molecule has 6 heteroatoms. The maximum Gasteiger partial charge on any atom is 0.238 e. The lowest BCUT2D eigenvalue weighted by Gasteiger charge is -2.28. The van der Waals surface area contributed by atoms with Crippen molar-refractivity contribution >= 4 is 11.8 Å². The molecule has 1 aliphatic carbocycles. The average Bonchev–Trinajstić information content (AvgIpc) is 2.88. The van der Waals surface area contributed by atoms with E-state index in [1.54, 1.807) is 13.2 Å². The summed E-state index contributed by atoms with van der Waals surface area (Å²) in [4.78, 5) is 26.5. The Morgan fingerprint density at radius 2 is 2.25 bits per heavy atom. The molecule has 1 atom stereocenters. The van der Waals surface area contributed by atoms with Crippen molar-refractivity contribution in [2.24, 2.45) is 5.41 Å². The number of rotatable bonds is 4. The minimum absolute atomic E-state index is 0.00602. The number of nitrogens with zero attached hydrogens (tertiary/aromatic N) is 3. The van der Waals surface area contributed by atoms with Gasteiger partial charge in [0.2, 0.25) is 11.8 Å². The monoisotopic (exact) mass is 276 g/mol. The van der Waals surface area contributed by atoms with Crippen LogP contribution in [0.3, 0.4) is 0 Å². The Morgan fingerprint density at radius 3 is 2.85 bits per heavy atom. The molecule has 0 bridgehead atoms. The molecule has 3 rings (SSSR count). The van der Waals surface area contributed by atoms with Gasteiger partial charge >= 0.3 is 0 Å². The lowest BCUT2D eigenvalue weighted by molar-refractivity contribution is -0.144. The molecular formula is C14H20N4O2. The summed E-state index contributed by atoms with van der Waals surface area (Å²) in [7, 11) is 1.60. The quantitative estimate of drug-likeness (QED) is 0.809. The van der Waals surface area contributed by atoms with Gasteiger partial charge in [-0.25, -0.2) is 0 Å². The Labute approximate surface area is 118 Å². The number of aromatic nitrogens is 2. The number of nitrogens with one attached hydrogen (secondary N) is 1. The smallest absolute Gasteiger partial charge is 0.238 e. The molecule has 0 spiro atoms. The molecule has 1 unspecified atom stereocenters. The number of likely N-dealkylation sites (tertiary alicyclic amines) is 1. The molecular weight excluding hydrogens is 256 g/mol. The van der Waals surface area contributed by atoms with Crippen LogP contribution in [0.4, 0.5) is 0 Å². The fraction of sp³-hybridized carbons (Fsp3) is 0.643. The summed E-state index contributed by atoms with van der Waals surface area (Å²) < 4.78 is 1.86. The lowest BCUT2D eigenvalue weighted by Crippen LogP contribution is -2.47. The first kappa shape index (κ1) is 13.1. The number of amides is 2. The zero-order chi connectivity index (χ0) is 14.2. The molecule has 2 amide bonds. The van der Waals surface area contributed by atoms with Gasteiger partial charge in [0.05, 0.1) is 12.6 Å². The summed E-state index contributed by atoms with van der Waals surface area (Å²) in [5, 5.41) is 6.83. The van der Waals surface area contributed by atoms with Crippen LogP contribution in [0.5, 0.6) is 0 Å². The molecule has 1 aliphatic heterocycles.